The molecule has 7 heteroatoms. The Kier molecular flexibility index (Phi) is 5.20. The topological polar surface area (TPSA) is 40.6 Å². The predicted octanol–water partition coefficient (Wildman–Crippen LogP) is 3.92. The van der Waals surface area contributed by atoms with E-state index < -0.39 is 10.0 Å². The van der Waals surface area contributed by atoms with Crippen LogP contribution in [0.1, 0.15) is 5.56 Å². The van der Waals surface area contributed by atoms with Crippen molar-refractivity contribution in [3.05, 3.63) is 57.5 Å². The molecular formula is C17H18BrClN2O2S. The van der Waals surface area contributed by atoms with E-state index in [9.17, 15) is 8.42 Å². The molecule has 24 heavy (non-hydrogen) atoms. The third-order valence-electron chi connectivity index (χ3n) is 4.12. The van der Waals surface area contributed by atoms with Crippen LogP contribution in [-0.4, -0.2) is 38.9 Å². The summed E-state index contributed by atoms with van der Waals surface area (Å²) in [6.45, 7) is 4.28. The number of rotatable bonds is 3. The van der Waals surface area contributed by atoms with Crippen LogP contribution in [0, 0.1) is 6.92 Å². The highest BCUT2D eigenvalue weighted by Gasteiger charge is 2.30. The fourth-order valence-corrected chi connectivity index (χ4v) is 5.27. The van der Waals surface area contributed by atoms with E-state index in [4.69, 9.17) is 11.6 Å². The van der Waals surface area contributed by atoms with Gasteiger partial charge in [-0.2, -0.15) is 4.31 Å². The summed E-state index contributed by atoms with van der Waals surface area (Å²) >= 11 is 9.43. The largest absolute Gasteiger partial charge is 0.369 e. The summed E-state index contributed by atoms with van der Waals surface area (Å²) in [7, 11) is -3.57. The molecule has 1 fully saturated rings. The summed E-state index contributed by atoms with van der Waals surface area (Å²) in [4.78, 5) is 2.37. The average Bonchev–Trinajstić information content (AvgIpc) is 2.54. The minimum absolute atomic E-state index is 0.163. The van der Waals surface area contributed by atoms with Gasteiger partial charge in [-0.25, -0.2) is 8.42 Å². The summed E-state index contributed by atoms with van der Waals surface area (Å²) in [5.74, 6) is 0. The molecule has 2 aromatic carbocycles. The number of anilines is 1. The van der Waals surface area contributed by atoms with E-state index in [2.05, 4.69) is 46.0 Å². The van der Waals surface area contributed by atoms with Gasteiger partial charge in [0.25, 0.3) is 0 Å². The van der Waals surface area contributed by atoms with Crippen LogP contribution in [0.2, 0.25) is 5.02 Å². The van der Waals surface area contributed by atoms with Crippen LogP contribution in [0.4, 0.5) is 5.69 Å². The van der Waals surface area contributed by atoms with Crippen molar-refractivity contribution >= 4 is 43.2 Å². The van der Waals surface area contributed by atoms with Gasteiger partial charge in [0.15, 0.2) is 0 Å². The van der Waals surface area contributed by atoms with Crippen molar-refractivity contribution < 1.29 is 8.42 Å². The molecule has 3 rings (SSSR count). The molecule has 1 saturated heterocycles. The molecule has 1 heterocycles. The first-order valence-electron chi connectivity index (χ1n) is 7.65. The molecule has 1 aliphatic rings. The lowest BCUT2D eigenvalue weighted by Gasteiger charge is -2.35. The van der Waals surface area contributed by atoms with Crippen LogP contribution >= 0.6 is 27.5 Å². The average molecular weight is 430 g/mol. The Morgan fingerprint density at radius 3 is 2.38 bits per heavy atom. The lowest BCUT2D eigenvalue weighted by molar-refractivity contribution is 0.385. The van der Waals surface area contributed by atoms with Gasteiger partial charge in [0.05, 0.1) is 5.02 Å². The third kappa shape index (κ3) is 3.61. The first-order valence-corrected chi connectivity index (χ1v) is 10.3. The molecule has 0 radical (unpaired) electrons. The van der Waals surface area contributed by atoms with Crippen LogP contribution < -0.4 is 4.90 Å². The zero-order valence-electron chi connectivity index (χ0n) is 13.2. The number of aryl methyl sites for hydroxylation is 1. The summed E-state index contributed by atoms with van der Waals surface area (Å²) in [5, 5.41) is 0.241. The lowest BCUT2D eigenvalue weighted by Crippen LogP contribution is -2.48. The van der Waals surface area contributed by atoms with Crippen molar-refractivity contribution in [1.29, 1.82) is 0 Å². The second-order valence-electron chi connectivity index (χ2n) is 5.80. The van der Waals surface area contributed by atoms with Gasteiger partial charge in [-0.05, 0) is 42.8 Å². The van der Waals surface area contributed by atoms with Gasteiger partial charge >= 0.3 is 0 Å². The second-order valence-corrected chi connectivity index (χ2v) is 9.03. The van der Waals surface area contributed by atoms with Crippen LogP contribution in [0.15, 0.2) is 51.8 Å². The van der Waals surface area contributed by atoms with Crippen molar-refractivity contribution in [2.24, 2.45) is 0 Å². The zero-order valence-corrected chi connectivity index (χ0v) is 16.4. The van der Waals surface area contributed by atoms with Crippen LogP contribution in [0.3, 0.4) is 0 Å². The van der Waals surface area contributed by atoms with Crippen LogP contribution in [0.5, 0.6) is 0 Å². The number of hydrogen-bond acceptors (Lipinski definition) is 3. The third-order valence-corrected chi connectivity index (χ3v) is 6.99. The van der Waals surface area contributed by atoms with E-state index in [0.29, 0.717) is 26.2 Å². The Bertz CT molecular complexity index is 849. The zero-order chi connectivity index (χ0) is 17.3. The summed E-state index contributed by atoms with van der Waals surface area (Å²) in [6.07, 6.45) is 0. The van der Waals surface area contributed by atoms with E-state index in [-0.39, 0.29) is 9.92 Å². The number of halogens is 2. The minimum Gasteiger partial charge on any atom is -0.369 e. The van der Waals surface area contributed by atoms with Crippen molar-refractivity contribution in [2.45, 2.75) is 11.8 Å². The standard InChI is InChI=1S/C17H18BrClN2O2S/c1-13-3-2-4-15(11-13)20-7-9-21(10-8-20)24(22,23)17-6-5-14(18)12-16(17)19/h2-6,11-12H,7-10H2,1H3. The normalized spacial score (nSPS) is 16.4. The van der Waals surface area contributed by atoms with Gasteiger partial charge in [0.2, 0.25) is 10.0 Å². The van der Waals surface area contributed by atoms with Crippen molar-refractivity contribution in [2.75, 3.05) is 31.1 Å². The lowest BCUT2D eigenvalue weighted by atomic mass is 10.2. The van der Waals surface area contributed by atoms with E-state index in [1.165, 1.54) is 9.87 Å². The maximum atomic E-state index is 12.8. The molecule has 4 nitrogen and oxygen atoms in total. The number of sulfonamides is 1. The molecule has 0 bridgehead atoms. The smallest absolute Gasteiger partial charge is 0.244 e. The number of nitrogens with zero attached hydrogens (tertiary/aromatic N) is 2. The quantitative estimate of drug-likeness (QED) is 0.742. The molecular weight excluding hydrogens is 412 g/mol. The number of piperazine rings is 1. The predicted molar refractivity (Wildman–Crippen MR) is 101 cm³/mol. The van der Waals surface area contributed by atoms with Crippen LogP contribution in [0.25, 0.3) is 0 Å². The van der Waals surface area contributed by atoms with Crippen molar-refractivity contribution in [3.63, 3.8) is 0 Å². The SMILES string of the molecule is Cc1cccc(N2CCN(S(=O)(=O)c3ccc(Br)cc3Cl)CC2)c1. The fraction of sp³-hybridized carbons (Fsp3) is 0.294. The molecule has 2 aromatic rings. The molecule has 0 N–H and O–H groups in total. The van der Waals surface area contributed by atoms with Crippen LogP contribution in [-0.2, 0) is 10.0 Å². The second kappa shape index (κ2) is 7.04. The Morgan fingerprint density at radius 2 is 1.75 bits per heavy atom. The number of benzene rings is 2. The van der Waals surface area contributed by atoms with Gasteiger partial charge in [0.1, 0.15) is 4.90 Å². The van der Waals surface area contributed by atoms with E-state index in [1.807, 2.05) is 6.07 Å². The van der Waals surface area contributed by atoms with E-state index in [1.54, 1.807) is 18.2 Å². The summed E-state index contributed by atoms with van der Waals surface area (Å²) in [5.41, 5.74) is 2.33. The molecule has 128 valence electrons. The Balaban J connectivity index is 1.76. The first kappa shape index (κ1) is 17.7. The Hall–Kier alpha value is -1.08. The van der Waals surface area contributed by atoms with Crippen molar-refractivity contribution in [3.8, 4) is 0 Å². The first-order chi connectivity index (χ1) is 11.4. The van der Waals surface area contributed by atoms with Gasteiger partial charge in [-0.3, -0.25) is 0 Å². The van der Waals surface area contributed by atoms with Gasteiger partial charge in [-0.1, -0.05) is 39.7 Å². The maximum absolute atomic E-state index is 12.8. The molecule has 0 amide bonds. The molecule has 0 unspecified atom stereocenters. The van der Waals surface area contributed by atoms with E-state index in [0.717, 1.165) is 10.2 Å². The molecule has 0 saturated carbocycles. The maximum Gasteiger partial charge on any atom is 0.244 e. The number of hydrogen-bond donors (Lipinski definition) is 0. The van der Waals surface area contributed by atoms with Crippen molar-refractivity contribution in [1.82, 2.24) is 4.31 Å². The Morgan fingerprint density at radius 1 is 1.04 bits per heavy atom. The van der Waals surface area contributed by atoms with Gasteiger partial charge in [0, 0.05) is 36.3 Å². The molecule has 0 spiro atoms. The monoisotopic (exact) mass is 428 g/mol. The summed E-state index contributed by atoms with van der Waals surface area (Å²) in [6, 6.07) is 13.1. The highest BCUT2D eigenvalue weighted by atomic mass is 79.9. The molecule has 0 aromatic heterocycles. The molecule has 0 aliphatic carbocycles. The highest BCUT2D eigenvalue weighted by Crippen LogP contribution is 2.29. The Labute approximate surface area is 156 Å². The van der Waals surface area contributed by atoms with Gasteiger partial charge < -0.3 is 4.90 Å². The molecule has 0 atom stereocenters. The van der Waals surface area contributed by atoms with Gasteiger partial charge in [-0.15, -0.1) is 0 Å². The summed E-state index contributed by atoms with van der Waals surface area (Å²) < 4.78 is 27.9. The minimum atomic E-state index is -3.57. The fourth-order valence-electron chi connectivity index (χ4n) is 2.83. The highest BCUT2D eigenvalue weighted by molar-refractivity contribution is 9.10. The molecule has 1 aliphatic heterocycles. The van der Waals surface area contributed by atoms with E-state index >= 15 is 0 Å².